The number of pyridine rings is 1. The Balaban J connectivity index is 1.44. The Bertz CT molecular complexity index is 607. The average Bonchev–Trinajstić information content (AvgIpc) is 3.11. The van der Waals surface area contributed by atoms with Gasteiger partial charge in [0.2, 0.25) is 0 Å². The van der Waals surface area contributed by atoms with E-state index in [-0.39, 0.29) is 11.9 Å². The monoisotopic (exact) mass is 314 g/mol. The number of anilines is 1. The van der Waals surface area contributed by atoms with Crippen molar-refractivity contribution in [3.8, 4) is 0 Å². The number of aromatic nitrogens is 3. The summed E-state index contributed by atoms with van der Waals surface area (Å²) >= 11 is 0. The molecule has 2 N–H and O–H groups in total. The molecule has 0 radical (unpaired) electrons. The van der Waals surface area contributed by atoms with Gasteiger partial charge in [-0.15, -0.1) is 0 Å². The predicted octanol–water partition coefficient (Wildman–Crippen LogP) is 0.745. The molecule has 0 saturated carbocycles. The third-order valence-corrected chi connectivity index (χ3v) is 4.00. The van der Waals surface area contributed by atoms with Gasteiger partial charge in [-0.3, -0.25) is 14.8 Å². The number of rotatable bonds is 5. The van der Waals surface area contributed by atoms with E-state index in [9.17, 15) is 4.79 Å². The number of H-pyrrole nitrogens is 1. The molecular weight excluding hydrogens is 292 g/mol. The van der Waals surface area contributed by atoms with Crippen molar-refractivity contribution in [2.45, 2.75) is 13.0 Å². The minimum Gasteiger partial charge on any atom is -0.354 e. The van der Waals surface area contributed by atoms with Crippen LogP contribution in [0.4, 0.5) is 5.82 Å². The second-order valence-corrected chi connectivity index (χ2v) is 5.82. The van der Waals surface area contributed by atoms with Crippen molar-refractivity contribution in [3.63, 3.8) is 0 Å². The Morgan fingerprint density at radius 2 is 2.09 bits per heavy atom. The molecule has 7 heteroatoms. The summed E-state index contributed by atoms with van der Waals surface area (Å²) in [5.41, 5.74) is 0.497. The first-order valence-electron chi connectivity index (χ1n) is 7.91. The number of hydrogen-bond acceptors (Lipinski definition) is 5. The molecule has 3 rings (SSSR count). The zero-order valence-corrected chi connectivity index (χ0v) is 13.3. The summed E-state index contributed by atoms with van der Waals surface area (Å²) in [6, 6.07) is 7.76. The number of hydrogen-bond donors (Lipinski definition) is 2. The molecule has 1 aliphatic heterocycles. The molecule has 0 aromatic carbocycles. The maximum absolute atomic E-state index is 12.0. The molecule has 0 unspecified atom stereocenters. The smallest absolute Gasteiger partial charge is 0.269 e. The maximum Gasteiger partial charge on any atom is 0.269 e. The minimum absolute atomic E-state index is 0.0900. The van der Waals surface area contributed by atoms with E-state index < -0.39 is 0 Å². The van der Waals surface area contributed by atoms with Gasteiger partial charge >= 0.3 is 0 Å². The van der Waals surface area contributed by atoms with E-state index in [2.05, 4.69) is 30.3 Å². The van der Waals surface area contributed by atoms with Crippen LogP contribution in [0, 0.1) is 0 Å². The van der Waals surface area contributed by atoms with Gasteiger partial charge < -0.3 is 10.2 Å². The number of carbonyl (C=O) groups is 1. The van der Waals surface area contributed by atoms with Gasteiger partial charge in [-0.1, -0.05) is 6.07 Å². The van der Waals surface area contributed by atoms with Gasteiger partial charge in [0.15, 0.2) is 0 Å². The SMILES string of the molecule is C[C@H](CN1CCN(c2ccccn2)CC1)NC(=O)c1ccn[nH]1. The van der Waals surface area contributed by atoms with Crippen molar-refractivity contribution >= 4 is 11.7 Å². The largest absolute Gasteiger partial charge is 0.354 e. The van der Waals surface area contributed by atoms with E-state index in [1.165, 1.54) is 0 Å². The zero-order chi connectivity index (χ0) is 16.1. The third-order valence-electron chi connectivity index (χ3n) is 4.00. The number of carbonyl (C=O) groups excluding carboxylic acids is 1. The lowest BCUT2D eigenvalue weighted by Gasteiger charge is -2.36. The summed E-state index contributed by atoms with van der Waals surface area (Å²) in [5.74, 6) is 0.926. The molecule has 1 fully saturated rings. The maximum atomic E-state index is 12.0. The van der Waals surface area contributed by atoms with Crippen molar-refractivity contribution in [2.24, 2.45) is 0 Å². The Labute approximate surface area is 135 Å². The van der Waals surface area contributed by atoms with E-state index in [0.717, 1.165) is 38.5 Å². The van der Waals surface area contributed by atoms with Crippen LogP contribution in [0.25, 0.3) is 0 Å². The fourth-order valence-corrected chi connectivity index (χ4v) is 2.82. The highest BCUT2D eigenvalue weighted by molar-refractivity contribution is 5.92. The van der Waals surface area contributed by atoms with Gasteiger partial charge in [-0.05, 0) is 25.1 Å². The molecular formula is C16H22N6O. The summed E-state index contributed by atoms with van der Waals surface area (Å²) in [6.45, 7) is 6.73. The van der Waals surface area contributed by atoms with E-state index in [0.29, 0.717) is 5.69 Å². The van der Waals surface area contributed by atoms with E-state index >= 15 is 0 Å². The Kier molecular flexibility index (Phi) is 4.87. The first kappa shape index (κ1) is 15.5. The van der Waals surface area contributed by atoms with Crippen LogP contribution in [0.3, 0.4) is 0 Å². The van der Waals surface area contributed by atoms with Gasteiger partial charge in [0.25, 0.3) is 5.91 Å². The topological polar surface area (TPSA) is 77.2 Å². The molecule has 1 aliphatic rings. The first-order valence-corrected chi connectivity index (χ1v) is 7.91. The molecule has 23 heavy (non-hydrogen) atoms. The normalized spacial score (nSPS) is 17.0. The third kappa shape index (κ3) is 4.07. The van der Waals surface area contributed by atoms with Crippen LogP contribution < -0.4 is 10.2 Å². The Morgan fingerprint density at radius 1 is 1.26 bits per heavy atom. The van der Waals surface area contributed by atoms with Gasteiger partial charge in [0.05, 0.1) is 0 Å². The quantitative estimate of drug-likeness (QED) is 0.851. The molecule has 0 spiro atoms. The van der Waals surface area contributed by atoms with Crippen molar-refractivity contribution in [2.75, 3.05) is 37.6 Å². The first-order chi connectivity index (χ1) is 11.2. The molecule has 122 valence electrons. The molecule has 2 aromatic heterocycles. The minimum atomic E-state index is -0.109. The highest BCUT2D eigenvalue weighted by Gasteiger charge is 2.20. The van der Waals surface area contributed by atoms with Crippen LogP contribution in [0.15, 0.2) is 36.7 Å². The molecule has 0 bridgehead atoms. The van der Waals surface area contributed by atoms with Crippen molar-refractivity contribution in [1.29, 1.82) is 0 Å². The fourth-order valence-electron chi connectivity index (χ4n) is 2.82. The summed E-state index contributed by atoms with van der Waals surface area (Å²) in [4.78, 5) is 21.0. The molecule has 1 atom stereocenters. The predicted molar refractivity (Wildman–Crippen MR) is 88.4 cm³/mol. The molecule has 1 amide bonds. The number of nitrogens with one attached hydrogen (secondary N) is 2. The second-order valence-electron chi connectivity index (χ2n) is 5.82. The van der Waals surface area contributed by atoms with Crippen molar-refractivity contribution < 1.29 is 4.79 Å². The number of aromatic amines is 1. The molecule has 0 aliphatic carbocycles. The van der Waals surface area contributed by atoms with Crippen LogP contribution in [-0.4, -0.2) is 64.8 Å². The van der Waals surface area contributed by atoms with Gasteiger partial charge in [0, 0.05) is 51.2 Å². The molecule has 3 heterocycles. The Hall–Kier alpha value is -2.41. The van der Waals surface area contributed by atoms with Gasteiger partial charge in [-0.25, -0.2) is 4.98 Å². The summed E-state index contributed by atoms with van der Waals surface area (Å²) in [7, 11) is 0. The highest BCUT2D eigenvalue weighted by Crippen LogP contribution is 2.12. The number of amides is 1. The van der Waals surface area contributed by atoms with E-state index in [4.69, 9.17) is 0 Å². The van der Waals surface area contributed by atoms with Crippen LogP contribution in [0.1, 0.15) is 17.4 Å². The van der Waals surface area contributed by atoms with Gasteiger partial charge in [-0.2, -0.15) is 5.10 Å². The highest BCUT2D eigenvalue weighted by atomic mass is 16.2. The lowest BCUT2D eigenvalue weighted by atomic mass is 10.2. The van der Waals surface area contributed by atoms with Crippen molar-refractivity contribution in [1.82, 2.24) is 25.4 Å². The summed E-state index contributed by atoms with van der Waals surface area (Å²) in [5, 5.41) is 9.47. The lowest BCUT2D eigenvalue weighted by molar-refractivity contribution is 0.0923. The molecule has 2 aromatic rings. The molecule has 1 saturated heterocycles. The summed E-state index contributed by atoms with van der Waals surface area (Å²) < 4.78 is 0. The van der Waals surface area contributed by atoms with E-state index in [1.807, 2.05) is 31.3 Å². The zero-order valence-electron chi connectivity index (χ0n) is 13.3. The number of piperazine rings is 1. The van der Waals surface area contributed by atoms with Crippen molar-refractivity contribution in [3.05, 3.63) is 42.4 Å². The average molecular weight is 314 g/mol. The van der Waals surface area contributed by atoms with Crippen LogP contribution >= 0.6 is 0 Å². The molecule has 7 nitrogen and oxygen atoms in total. The van der Waals surface area contributed by atoms with Crippen LogP contribution in [-0.2, 0) is 0 Å². The fraction of sp³-hybridized carbons (Fsp3) is 0.438. The van der Waals surface area contributed by atoms with Crippen LogP contribution in [0.5, 0.6) is 0 Å². The Morgan fingerprint density at radius 3 is 2.74 bits per heavy atom. The van der Waals surface area contributed by atoms with Gasteiger partial charge in [0.1, 0.15) is 11.5 Å². The second kappa shape index (κ2) is 7.23. The lowest BCUT2D eigenvalue weighted by Crippen LogP contribution is -2.51. The van der Waals surface area contributed by atoms with Crippen LogP contribution in [0.2, 0.25) is 0 Å². The number of nitrogens with zero attached hydrogens (tertiary/aromatic N) is 4. The summed E-state index contributed by atoms with van der Waals surface area (Å²) in [6.07, 6.45) is 3.41. The standard InChI is InChI=1S/C16H22N6O/c1-13(19-16(23)14-5-7-18-20-14)12-21-8-10-22(11-9-21)15-4-2-3-6-17-15/h2-7,13H,8-12H2,1H3,(H,18,20)(H,19,23)/t13-/m1/s1. The van der Waals surface area contributed by atoms with E-state index in [1.54, 1.807) is 12.3 Å².